The zero-order chi connectivity index (χ0) is 15.2. The zero-order valence-corrected chi connectivity index (χ0v) is 14.0. The summed E-state index contributed by atoms with van der Waals surface area (Å²) in [6.07, 6.45) is 3.87. The Balaban J connectivity index is 1.90. The lowest BCUT2D eigenvalue weighted by Gasteiger charge is -2.19. The molecule has 1 aromatic rings. The molecular weight excluding hydrogens is 282 g/mol. The van der Waals surface area contributed by atoms with Crippen molar-refractivity contribution in [3.05, 3.63) is 29.8 Å². The van der Waals surface area contributed by atoms with Crippen LogP contribution in [-0.4, -0.2) is 43.0 Å². The minimum Gasteiger partial charge on any atom is -0.497 e. The van der Waals surface area contributed by atoms with Crippen LogP contribution in [0.4, 0.5) is 0 Å². The summed E-state index contributed by atoms with van der Waals surface area (Å²) in [4.78, 5) is 14.5. The first-order valence-electron chi connectivity index (χ1n) is 7.54. The molecule has 3 nitrogen and oxygen atoms in total. The molecule has 21 heavy (non-hydrogen) atoms. The van der Waals surface area contributed by atoms with Gasteiger partial charge >= 0.3 is 0 Å². The quantitative estimate of drug-likeness (QED) is 0.807. The second-order valence-corrected chi connectivity index (χ2v) is 6.74. The number of benzene rings is 1. The molecule has 2 rings (SSSR count). The maximum absolute atomic E-state index is 12.4. The lowest BCUT2D eigenvalue weighted by molar-refractivity contribution is -0.130. The molecule has 1 amide bonds. The van der Waals surface area contributed by atoms with Gasteiger partial charge in [-0.15, -0.1) is 0 Å². The van der Waals surface area contributed by atoms with E-state index in [1.807, 2.05) is 34.9 Å². The van der Waals surface area contributed by atoms with Crippen LogP contribution in [0.3, 0.4) is 0 Å². The van der Waals surface area contributed by atoms with E-state index in [2.05, 4.69) is 19.2 Å². The molecule has 4 heteroatoms. The number of rotatable bonds is 6. The molecule has 1 aliphatic heterocycles. The second kappa shape index (κ2) is 7.74. The number of ether oxygens (including phenoxy) is 1. The van der Waals surface area contributed by atoms with Crippen LogP contribution in [0.5, 0.6) is 5.75 Å². The van der Waals surface area contributed by atoms with Crippen molar-refractivity contribution >= 4 is 17.7 Å². The van der Waals surface area contributed by atoms with Gasteiger partial charge in [-0.1, -0.05) is 19.1 Å². The molecule has 1 fully saturated rings. The van der Waals surface area contributed by atoms with Gasteiger partial charge in [-0.05, 0) is 48.0 Å². The van der Waals surface area contributed by atoms with E-state index >= 15 is 0 Å². The lowest BCUT2D eigenvalue weighted by atomic mass is 9.97. The molecule has 0 aliphatic carbocycles. The molecule has 0 N–H and O–H groups in total. The first-order chi connectivity index (χ1) is 10.1. The first-order valence-corrected chi connectivity index (χ1v) is 8.94. The van der Waals surface area contributed by atoms with Crippen LogP contribution in [0.15, 0.2) is 24.3 Å². The molecule has 0 spiro atoms. The van der Waals surface area contributed by atoms with Gasteiger partial charge in [0.2, 0.25) is 5.91 Å². The van der Waals surface area contributed by atoms with Crippen LogP contribution in [-0.2, 0) is 4.79 Å². The van der Waals surface area contributed by atoms with Crippen molar-refractivity contribution in [3.63, 3.8) is 0 Å². The number of nitrogens with zero attached hydrogens (tertiary/aromatic N) is 1. The Hall–Kier alpha value is -1.16. The van der Waals surface area contributed by atoms with Crippen molar-refractivity contribution in [2.75, 3.05) is 32.2 Å². The third-order valence-corrected chi connectivity index (χ3v) is 4.99. The molecule has 1 saturated heterocycles. The molecule has 1 aliphatic rings. The minimum absolute atomic E-state index is 0.229. The number of methoxy groups -OCH3 is 1. The summed E-state index contributed by atoms with van der Waals surface area (Å²) in [5, 5.41) is 0. The van der Waals surface area contributed by atoms with Crippen molar-refractivity contribution < 1.29 is 9.53 Å². The number of hydrogen-bond donors (Lipinski definition) is 0. The predicted molar refractivity (Wildman–Crippen MR) is 89.1 cm³/mol. The van der Waals surface area contributed by atoms with Gasteiger partial charge in [0.25, 0.3) is 0 Å². The van der Waals surface area contributed by atoms with Crippen molar-refractivity contribution in [1.82, 2.24) is 4.90 Å². The molecule has 1 heterocycles. The minimum atomic E-state index is 0.229. The summed E-state index contributed by atoms with van der Waals surface area (Å²) < 4.78 is 5.25. The van der Waals surface area contributed by atoms with E-state index in [4.69, 9.17) is 4.74 Å². The van der Waals surface area contributed by atoms with Crippen LogP contribution in [0, 0.1) is 5.92 Å². The number of thioether (sulfide) groups is 1. The van der Waals surface area contributed by atoms with E-state index in [1.165, 1.54) is 5.56 Å². The van der Waals surface area contributed by atoms with E-state index in [9.17, 15) is 4.79 Å². The van der Waals surface area contributed by atoms with Gasteiger partial charge in [0.15, 0.2) is 0 Å². The molecule has 0 unspecified atom stereocenters. The Morgan fingerprint density at radius 1 is 1.52 bits per heavy atom. The Morgan fingerprint density at radius 3 is 3.05 bits per heavy atom. The smallest absolute Gasteiger partial charge is 0.223 e. The van der Waals surface area contributed by atoms with E-state index in [1.54, 1.807) is 7.11 Å². The molecule has 0 radical (unpaired) electrons. The maximum atomic E-state index is 12.4. The highest BCUT2D eigenvalue weighted by atomic mass is 32.2. The van der Waals surface area contributed by atoms with Gasteiger partial charge in [0.05, 0.1) is 7.11 Å². The number of carbonyl (C=O) groups excluding carboxylic acids is 1. The van der Waals surface area contributed by atoms with E-state index in [-0.39, 0.29) is 11.8 Å². The molecular formula is C17H25NO2S. The first kappa shape index (κ1) is 16.2. The highest BCUT2D eigenvalue weighted by Gasteiger charge is 2.26. The van der Waals surface area contributed by atoms with Gasteiger partial charge in [0, 0.05) is 19.5 Å². The SMILES string of the molecule is COc1cccc([C@@H](C)CC(=O)N2CC[C@H](CSC)C2)c1. The summed E-state index contributed by atoms with van der Waals surface area (Å²) in [6.45, 7) is 3.97. The van der Waals surface area contributed by atoms with Crippen LogP contribution in [0.1, 0.15) is 31.2 Å². The summed E-state index contributed by atoms with van der Waals surface area (Å²) in [5.41, 5.74) is 1.17. The molecule has 0 aromatic heterocycles. The monoisotopic (exact) mass is 307 g/mol. The van der Waals surface area contributed by atoms with Crippen LogP contribution < -0.4 is 4.74 Å². The fourth-order valence-corrected chi connectivity index (χ4v) is 3.63. The Bertz CT molecular complexity index is 478. The summed E-state index contributed by atoms with van der Waals surface area (Å²) in [5.74, 6) is 3.21. The van der Waals surface area contributed by atoms with Crippen molar-refractivity contribution in [1.29, 1.82) is 0 Å². The number of carbonyl (C=O) groups is 1. The number of hydrogen-bond acceptors (Lipinski definition) is 3. The Labute approximate surface area is 132 Å². The topological polar surface area (TPSA) is 29.5 Å². The van der Waals surface area contributed by atoms with Gasteiger partial charge in [-0.25, -0.2) is 0 Å². The average molecular weight is 307 g/mol. The standard InChI is InChI=1S/C17H25NO2S/c1-13(15-5-4-6-16(10-15)20-2)9-17(19)18-8-7-14(11-18)12-21-3/h4-6,10,13-14H,7-9,11-12H2,1-3H3/t13-,14-/m0/s1. The molecule has 0 saturated carbocycles. The number of likely N-dealkylation sites (tertiary alicyclic amines) is 1. The molecule has 0 bridgehead atoms. The Morgan fingerprint density at radius 2 is 2.33 bits per heavy atom. The van der Waals surface area contributed by atoms with Crippen molar-refractivity contribution in [2.45, 2.75) is 25.7 Å². The van der Waals surface area contributed by atoms with Crippen LogP contribution in [0.2, 0.25) is 0 Å². The van der Waals surface area contributed by atoms with E-state index < -0.39 is 0 Å². The van der Waals surface area contributed by atoms with E-state index in [0.717, 1.165) is 31.0 Å². The summed E-state index contributed by atoms with van der Waals surface area (Å²) in [7, 11) is 1.67. The fraction of sp³-hybridized carbons (Fsp3) is 0.588. The highest BCUT2D eigenvalue weighted by molar-refractivity contribution is 7.98. The largest absolute Gasteiger partial charge is 0.497 e. The highest BCUT2D eigenvalue weighted by Crippen LogP contribution is 2.26. The summed E-state index contributed by atoms with van der Waals surface area (Å²) >= 11 is 1.88. The molecule has 1 aromatic carbocycles. The third kappa shape index (κ3) is 4.40. The molecule has 2 atom stereocenters. The average Bonchev–Trinajstić information content (AvgIpc) is 2.96. The molecule has 116 valence electrons. The van der Waals surface area contributed by atoms with Gasteiger partial charge < -0.3 is 9.64 Å². The lowest BCUT2D eigenvalue weighted by Crippen LogP contribution is -2.29. The Kier molecular flexibility index (Phi) is 5.97. The fourth-order valence-electron chi connectivity index (χ4n) is 2.89. The second-order valence-electron chi connectivity index (χ2n) is 5.83. The summed E-state index contributed by atoms with van der Waals surface area (Å²) in [6, 6.07) is 8.02. The predicted octanol–water partition coefficient (Wildman–Crippen LogP) is 3.40. The van der Waals surface area contributed by atoms with Crippen molar-refractivity contribution in [2.24, 2.45) is 5.92 Å². The van der Waals surface area contributed by atoms with E-state index in [0.29, 0.717) is 12.3 Å². The van der Waals surface area contributed by atoms with Crippen LogP contribution in [0.25, 0.3) is 0 Å². The van der Waals surface area contributed by atoms with Crippen molar-refractivity contribution in [3.8, 4) is 5.75 Å². The third-order valence-electron chi connectivity index (χ3n) is 4.18. The zero-order valence-electron chi connectivity index (χ0n) is 13.2. The normalized spacial score (nSPS) is 19.6. The van der Waals surface area contributed by atoms with Gasteiger partial charge in [0.1, 0.15) is 5.75 Å². The van der Waals surface area contributed by atoms with Crippen LogP contribution >= 0.6 is 11.8 Å². The maximum Gasteiger partial charge on any atom is 0.223 e. The van der Waals surface area contributed by atoms with Gasteiger partial charge in [-0.2, -0.15) is 11.8 Å². The number of amides is 1. The van der Waals surface area contributed by atoms with Gasteiger partial charge in [-0.3, -0.25) is 4.79 Å².